The number of nitrogens with zero attached hydrogens (tertiary/aromatic N) is 4. The predicted octanol–water partition coefficient (Wildman–Crippen LogP) is -0.918. The molecule has 1 aromatic heterocycles. The first kappa shape index (κ1) is 23.4. The number of likely N-dealkylation sites (tertiary alicyclic amines) is 2. The Labute approximate surface area is 203 Å². The van der Waals surface area contributed by atoms with Crippen molar-refractivity contribution in [3.05, 3.63) is 24.0 Å². The number of hydrogen-bond donors (Lipinski definition) is 2. The van der Waals surface area contributed by atoms with Crippen LogP contribution in [0, 0.1) is 5.92 Å². The van der Waals surface area contributed by atoms with Gasteiger partial charge < -0.3 is 29.9 Å². The van der Waals surface area contributed by atoms with Crippen LogP contribution in [0.25, 0.3) is 0 Å². The lowest BCUT2D eigenvalue weighted by atomic mass is 9.94. The normalized spacial score (nSPS) is 28.9. The lowest BCUT2D eigenvalue weighted by molar-refractivity contribution is -0.148. The Hall–Kier alpha value is -3.37. The van der Waals surface area contributed by atoms with E-state index < -0.39 is 18.1 Å². The molecule has 0 unspecified atom stereocenters. The van der Waals surface area contributed by atoms with Crippen molar-refractivity contribution in [1.82, 2.24) is 29.9 Å². The molecule has 5 amide bonds. The van der Waals surface area contributed by atoms with E-state index in [-0.39, 0.29) is 48.0 Å². The van der Waals surface area contributed by atoms with Crippen molar-refractivity contribution in [2.45, 2.75) is 56.8 Å². The zero-order valence-electron chi connectivity index (χ0n) is 20.1. The van der Waals surface area contributed by atoms with Gasteiger partial charge in [-0.3, -0.25) is 24.0 Å². The molecule has 4 fully saturated rings. The van der Waals surface area contributed by atoms with Crippen LogP contribution in [0.2, 0.25) is 0 Å². The van der Waals surface area contributed by atoms with Gasteiger partial charge in [0.1, 0.15) is 17.8 Å². The van der Waals surface area contributed by atoms with Crippen LogP contribution in [-0.2, 0) is 26.2 Å². The second-order valence-electron chi connectivity index (χ2n) is 10.1. The monoisotopic (exact) mass is 484 g/mol. The summed E-state index contributed by atoms with van der Waals surface area (Å²) >= 11 is 0. The third-order valence-corrected chi connectivity index (χ3v) is 7.95. The number of rotatable bonds is 3. The zero-order valence-corrected chi connectivity index (χ0v) is 20.1. The van der Waals surface area contributed by atoms with Gasteiger partial charge in [0.2, 0.25) is 23.6 Å². The van der Waals surface area contributed by atoms with Gasteiger partial charge >= 0.3 is 0 Å². The minimum absolute atomic E-state index is 0.00708. The molecule has 35 heavy (non-hydrogen) atoms. The molecule has 2 N–H and O–H groups in total. The number of hydrogen-bond acceptors (Lipinski definition) is 5. The van der Waals surface area contributed by atoms with Crippen LogP contribution in [0.15, 0.2) is 18.3 Å². The zero-order chi connectivity index (χ0) is 24.9. The van der Waals surface area contributed by atoms with Gasteiger partial charge in [-0.2, -0.15) is 0 Å². The molecule has 4 saturated heterocycles. The maximum Gasteiger partial charge on any atom is 0.268 e. The van der Waals surface area contributed by atoms with Crippen LogP contribution >= 0.6 is 0 Å². The molecule has 11 nitrogen and oxygen atoms in total. The molecule has 188 valence electrons. The van der Waals surface area contributed by atoms with E-state index in [4.69, 9.17) is 0 Å². The molecule has 4 aliphatic rings. The second kappa shape index (κ2) is 9.01. The molecule has 0 saturated carbocycles. The molecule has 0 spiro atoms. The quantitative estimate of drug-likeness (QED) is 0.575. The van der Waals surface area contributed by atoms with Gasteiger partial charge in [-0.15, -0.1) is 0 Å². The lowest BCUT2D eigenvalue weighted by Crippen LogP contribution is -2.54. The topological polar surface area (TPSA) is 124 Å². The maximum atomic E-state index is 13.7. The van der Waals surface area contributed by atoms with Gasteiger partial charge in [0.25, 0.3) is 5.91 Å². The molecular weight excluding hydrogens is 452 g/mol. The van der Waals surface area contributed by atoms with Gasteiger partial charge in [-0.05, 0) is 37.8 Å². The fraction of sp³-hybridized carbons (Fsp3) is 0.625. The van der Waals surface area contributed by atoms with Crippen LogP contribution < -0.4 is 10.6 Å². The Morgan fingerprint density at radius 3 is 2.49 bits per heavy atom. The van der Waals surface area contributed by atoms with Gasteiger partial charge in [0, 0.05) is 58.3 Å². The molecular formula is C24H32N6O5. The molecule has 4 atom stereocenters. The van der Waals surface area contributed by atoms with Crippen molar-refractivity contribution in [2.75, 3.05) is 26.2 Å². The molecule has 5 rings (SSSR count). The number of carbonyl (C=O) groups is 5. The van der Waals surface area contributed by atoms with E-state index in [2.05, 4.69) is 10.6 Å². The highest BCUT2D eigenvalue weighted by molar-refractivity contribution is 5.97. The van der Waals surface area contributed by atoms with E-state index >= 15 is 0 Å². The summed E-state index contributed by atoms with van der Waals surface area (Å²) in [4.78, 5) is 69.3. The third kappa shape index (κ3) is 4.17. The molecule has 0 aromatic carbocycles. The van der Waals surface area contributed by atoms with Gasteiger partial charge in [-0.1, -0.05) is 0 Å². The molecule has 0 aliphatic carbocycles. The number of carbonyl (C=O) groups excluding carboxylic acids is 5. The summed E-state index contributed by atoms with van der Waals surface area (Å²) < 4.78 is 1.72. The first-order valence-corrected chi connectivity index (χ1v) is 12.3. The fourth-order valence-corrected chi connectivity index (χ4v) is 6.01. The summed E-state index contributed by atoms with van der Waals surface area (Å²) in [5.41, 5.74) is 0.506. The van der Waals surface area contributed by atoms with Crippen molar-refractivity contribution in [1.29, 1.82) is 0 Å². The van der Waals surface area contributed by atoms with Crippen LogP contribution in [0.4, 0.5) is 0 Å². The standard InChI is InChI=1S/C24H32N6O5/c1-14(31)28-9-5-15(6-10-28)23(34)29-11-7-17-20(29)24(35)30-13-16(12-19(30)22(33)26-17)25-21(32)18-4-3-8-27(18)2/h3-4,8,15-17,19-20H,5-7,9-13H2,1-2H3,(H,25,32)(H,26,33)/t16-,17-,19+,20-/m0/s1. The van der Waals surface area contributed by atoms with Crippen LogP contribution in [-0.4, -0.2) is 99.1 Å². The molecule has 11 heteroatoms. The first-order valence-electron chi connectivity index (χ1n) is 12.3. The fourth-order valence-electron chi connectivity index (χ4n) is 6.01. The Balaban J connectivity index is 1.28. The van der Waals surface area contributed by atoms with Gasteiger partial charge in [0.05, 0.1) is 6.04 Å². The number of fused-ring (bicyclic) bond motifs is 2. The summed E-state index contributed by atoms with van der Waals surface area (Å²) in [7, 11) is 1.78. The Kier molecular flexibility index (Phi) is 6.02. The first-order chi connectivity index (χ1) is 16.7. The minimum atomic E-state index is -0.732. The molecule has 1 aromatic rings. The van der Waals surface area contributed by atoms with Crippen LogP contribution in [0.1, 0.15) is 43.1 Å². The average molecular weight is 485 g/mol. The van der Waals surface area contributed by atoms with Crippen molar-refractivity contribution < 1.29 is 24.0 Å². The molecule has 0 bridgehead atoms. The summed E-state index contributed by atoms with van der Waals surface area (Å²) in [6.07, 6.45) is 3.81. The smallest absolute Gasteiger partial charge is 0.268 e. The van der Waals surface area contributed by atoms with Crippen molar-refractivity contribution in [2.24, 2.45) is 13.0 Å². The summed E-state index contributed by atoms with van der Waals surface area (Å²) in [6.45, 7) is 3.25. The van der Waals surface area contributed by atoms with E-state index in [0.29, 0.717) is 51.0 Å². The number of aromatic nitrogens is 1. The van der Waals surface area contributed by atoms with E-state index in [1.54, 1.807) is 44.6 Å². The number of aryl methyl sites for hydroxylation is 1. The Bertz CT molecular complexity index is 1060. The Morgan fingerprint density at radius 1 is 1.09 bits per heavy atom. The molecule has 4 aliphatic heterocycles. The van der Waals surface area contributed by atoms with Crippen molar-refractivity contribution in [3.8, 4) is 0 Å². The van der Waals surface area contributed by atoms with Crippen molar-refractivity contribution >= 4 is 29.5 Å². The second-order valence-corrected chi connectivity index (χ2v) is 10.1. The van der Waals surface area contributed by atoms with E-state index in [1.807, 2.05) is 0 Å². The van der Waals surface area contributed by atoms with Crippen LogP contribution in [0.3, 0.4) is 0 Å². The highest BCUT2D eigenvalue weighted by Crippen LogP contribution is 2.31. The summed E-state index contributed by atoms with van der Waals surface area (Å²) in [5, 5.41) is 5.95. The summed E-state index contributed by atoms with van der Waals surface area (Å²) in [5.74, 6) is -1.02. The molecule has 5 heterocycles. The minimum Gasteiger partial charge on any atom is -0.349 e. The largest absolute Gasteiger partial charge is 0.349 e. The van der Waals surface area contributed by atoms with Gasteiger partial charge in [-0.25, -0.2) is 0 Å². The highest BCUT2D eigenvalue weighted by Gasteiger charge is 2.53. The predicted molar refractivity (Wildman–Crippen MR) is 124 cm³/mol. The number of amides is 5. The highest BCUT2D eigenvalue weighted by atomic mass is 16.2. The van der Waals surface area contributed by atoms with Crippen molar-refractivity contribution in [3.63, 3.8) is 0 Å². The SMILES string of the molecule is CC(=O)N1CCC(C(=O)N2CC[C@@H]3NC(=O)[C@H]4C[C@H](NC(=O)c5cccn5C)CN4C(=O)[C@H]32)CC1. The maximum absolute atomic E-state index is 13.7. The van der Waals surface area contributed by atoms with E-state index in [1.165, 1.54) is 6.92 Å². The van der Waals surface area contributed by atoms with E-state index in [0.717, 1.165) is 0 Å². The lowest BCUT2D eigenvalue weighted by Gasteiger charge is -2.35. The molecule has 0 radical (unpaired) electrons. The summed E-state index contributed by atoms with van der Waals surface area (Å²) in [6, 6.07) is 1.35. The third-order valence-electron chi connectivity index (χ3n) is 7.95. The number of piperidine rings is 1. The Morgan fingerprint density at radius 2 is 1.83 bits per heavy atom. The average Bonchev–Trinajstić information content (AvgIpc) is 3.55. The number of nitrogens with one attached hydrogen (secondary N) is 2. The van der Waals surface area contributed by atoms with Gasteiger partial charge in [0.15, 0.2) is 0 Å². The van der Waals surface area contributed by atoms with Crippen LogP contribution in [0.5, 0.6) is 0 Å². The van der Waals surface area contributed by atoms with E-state index in [9.17, 15) is 24.0 Å².